The molecule has 0 aliphatic heterocycles. The molecule has 0 bridgehead atoms. The number of ketones is 1. The Morgan fingerprint density at radius 3 is 1.96 bits per heavy atom. The molecule has 0 saturated heterocycles. The molecule has 0 heterocycles. The molecule has 1 N–H and O–H groups in total. The summed E-state index contributed by atoms with van der Waals surface area (Å²) in [6.45, 7) is 9.39. The molecule has 0 saturated carbocycles. The summed E-state index contributed by atoms with van der Waals surface area (Å²) in [5.41, 5.74) is 0. The van der Waals surface area contributed by atoms with Crippen LogP contribution in [0.4, 0.5) is 0 Å². The van der Waals surface area contributed by atoms with Crippen LogP contribution >= 0.6 is 0 Å². The third kappa shape index (κ3) is 23.0. The van der Waals surface area contributed by atoms with Crippen LogP contribution in [0.5, 0.6) is 0 Å². The topological polar surface area (TPSA) is 83.1 Å². The Morgan fingerprint density at radius 1 is 0.750 bits per heavy atom. The zero-order valence-corrected chi connectivity index (χ0v) is 18.1. The Balaban J connectivity index is 3.18. The van der Waals surface area contributed by atoms with E-state index in [1.165, 1.54) is 26.2 Å². The van der Waals surface area contributed by atoms with Crippen LogP contribution in [0, 0.1) is 0 Å². The average molecular weight is 404 g/mol. The molecule has 0 aromatic rings. The van der Waals surface area contributed by atoms with Crippen molar-refractivity contribution in [3.8, 4) is 0 Å². The molecule has 0 rings (SSSR count). The highest BCUT2D eigenvalue weighted by Crippen LogP contribution is 2.07. The second-order valence-electron chi connectivity index (χ2n) is 7.12. The van der Waals surface area contributed by atoms with Crippen molar-refractivity contribution in [1.82, 2.24) is 5.32 Å². The summed E-state index contributed by atoms with van der Waals surface area (Å²) in [5, 5.41) is 2.87. The van der Waals surface area contributed by atoms with Gasteiger partial charge in [0.1, 0.15) is 6.61 Å². The van der Waals surface area contributed by atoms with E-state index in [1.807, 2.05) is 0 Å². The molecule has 28 heavy (non-hydrogen) atoms. The van der Waals surface area contributed by atoms with Gasteiger partial charge >= 0.3 is 0 Å². The lowest BCUT2D eigenvalue weighted by molar-refractivity contribution is -0.122. The molecule has 0 unspecified atom stereocenters. The number of amides is 1. The molecule has 0 radical (unpaired) electrons. The van der Waals surface area contributed by atoms with Crippen LogP contribution in [0.15, 0.2) is 0 Å². The first-order chi connectivity index (χ1) is 13.5. The van der Waals surface area contributed by atoms with E-state index in [9.17, 15) is 9.59 Å². The van der Waals surface area contributed by atoms with Crippen molar-refractivity contribution in [2.45, 2.75) is 71.8 Å². The summed E-state index contributed by atoms with van der Waals surface area (Å²) in [6.07, 6.45) is 7.65. The Labute approximate surface area is 170 Å². The van der Waals surface area contributed by atoms with E-state index in [4.69, 9.17) is 18.9 Å². The third-order valence-corrected chi connectivity index (χ3v) is 3.87. The Kier molecular flexibility index (Phi) is 20.0. The minimum Gasteiger partial charge on any atom is -0.379 e. The van der Waals surface area contributed by atoms with Crippen LogP contribution < -0.4 is 5.32 Å². The highest BCUT2D eigenvalue weighted by molar-refractivity contribution is 5.76. The summed E-state index contributed by atoms with van der Waals surface area (Å²) in [5.74, 6) is 0.0984. The summed E-state index contributed by atoms with van der Waals surface area (Å²) in [4.78, 5) is 22.4. The molecular formula is C21H41NO6. The predicted molar refractivity (Wildman–Crippen MR) is 110 cm³/mol. The number of unbranched alkanes of at least 4 members (excludes halogenated alkanes) is 5. The quantitative estimate of drug-likeness (QED) is 0.297. The van der Waals surface area contributed by atoms with Crippen LogP contribution in [0.2, 0.25) is 0 Å². The van der Waals surface area contributed by atoms with Crippen LogP contribution in [0.3, 0.4) is 0 Å². The fourth-order valence-corrected chi connectivity index (χ4v) is 2.42. The maximum Gasteiger partial charge on any atom is 0.220 e. The van der Waals surface area contributed by atoms with Gasteiger partial charge in [0.15, 0.2) is 5.78 Å². The van der Waals surface area contributed by atoms with E-state index in [0.29, 0.717) is 52.1 Å². The van der Waals surface area contributed by atoms with Gasteiger partial charge in [-0.3, -0.25) is 9.59 Å². The maximum absolute atomic E-state index is 11.7. The van der Waals surface area contributed by atoms with Crippen molar-refractivity contribution >= 4 is 11.7 Å². The standard InChI is InChI=1S/C21H41NO6/c1-19(2)28-12-9-7-5-4-6-8-10-21(24)22-11-13-25-14-15-26-16-17-27-18-20(3)23/h19H,4-18H2,1-3H3,(H,22,24). The molecule has 7 heteroatoms. The number of nitrogens with one attached hydrogen (secondary N) is 1. The molecule has 0 aliphatic rings. The Bertz CT molecular complexity index is 376. The fourth-order valence-electron chi connectivity index (χ4n) is 2.42. The summed E-state index contributed by atoms with van der Waals surface area (Å²) in [7, 11) is 0. The third-order valence-electron chi connectivity index (χ3n) is 3.87. The van der Waals surface area contributed by atoms with E-state index in [1.54, 1.807) is 0 Å². The van der Waals surface area contributed by atoms with Gasteiger partial charge in [-0.15, -0.1) is 0 Å². The molecule has 0 atom stereocenters. The lowest BCUT2D eigenvalue weighted by Gasteiger charge is -2.08. The highest BCUT2D eigenvalue weighted by Gasteiger charge is 2.01. The van der Waals surface area contributed by atoms with Gasteiger partial charge in [-0.05, 0) is 33.6 Å². The normalized spacial score (nSPS) is 11.1. The van der Waals surface area contributed by atoms with E-state index in [2.05, 4.69) is 19.2 Å². The number of hydrogen-bond donors (Lipinski definition) is 1. The van der Waals surface area contributed by atoms with Crippen molar-refractivity contribution in [2.24, 2.45) is 0 Å². The van der Waals surface area contributed by atoms with Gasteiger partial charge in [-0.1, -0.05) is 25.7 Å². The summed E-state index contributed by atoms with van der Waals surface area (Å²) in [6, 6.07) is 0. The number of rotatable bonds is 21. The minimum absolute atomic E-state index is 0.00781. The Hall–Kier alpha value is -1.02. The van der Waals surface area contributed by atoms with Gasteiger partial charge in [0.25, 0.3) is 0 Å². The van der Waals surface area contributed by atoms with Gasteiger partial charge < -0.3 is 24.3 Å². The van der Waals surface area contributed by atoms with Crippen molar-refractivity contribution in [3.05, 3.63) is 0 Å². The monoisotopic (exact) mass is 403 g/mol. The average Bonchev–Trinajstić information content (AvgIpc) is 2.64. The highest BCUT2D eigenvalue weighted by atomic mass is 16.5. The minimum atomic E-state index is 0.00781. The smallest absolute Gasteiger partial charge is 0.220 e. The summed E-state index contributed by atoms with van der Waals surface area (Å²) >= 11 is 0. The Morgan fingerprint density at radius 2 is 1.32 bits per heavy atom. The number of carbonyl (C=O) groups excluding carboxylic acids is 2. The van der Waals surface area contributed by atoms with Gasteiger partial charge in [0.05, 0.1) is 39.1 Å². The molecule has 0 spiro atoms. The van der Waals surface area contributed by atoms with Crippen molar-refractivity contribution < 1.29 is 28.5 Å². The maximum atomic E-state index is 11.7. The van der Waals surface area contributed by atoms with Crippen LogP contribution in [-0.4, -0.2) is 70.6 Å². The lowest BCUT2D eigenvalue weighted by atomic mass is 10.1. The number of hydrogen-bond acceptors (Lipinski definition) is 6. The van der Waals surface area contributed by atoms with Crippen molar-refractivity contribution in [1.29, 1.82) is 0 Å². The van der Waals surface area contributed by atoms with Gasteiger partial charge in [-0.25, -0.2) is 0 Å². The lowest BCUT2D eigenvalue weighted by Crippen LogP contribution is -2.27. The van der Waals surface area contributed by atoms with Crippen molar-refractivity contribution in [3.63, 3.8) is 0 Å². The molecular weight excluding hydrogens is 362 g/mol. The summed E-state index contributed by atoms with van der Waals surface area (Å²) < 4.78 is 21.3. The van der Waals surface area contributed by atoms with Crippen molar-refractivity contribution in [2.75, 3.05) is 52.8 Å². The SMILES string of the molecule is CC(=O)COCCOCCOCCNC(=O)CCCCCCCCOC(C)C. The van der Waals surface area contributed by atoms with E-state index in [-0.39, 0.29) is 18.3 Å². The molecule has 166 valence electrons. The molecule has 7 nitrogen and oxygen atoms in total. The number of carbonyl (C=O) groups is 2. The molecule has 0 aromatic carbocycles. The molecule has 0 aromatic heterocycles. The first-order valence-corrected chi connectivity index (χ1v) is 10.6. The van der Waals surface area contributed by atoms with E-state index < -0.39 is 0 Å². The number of ether oxygens (including phenoxy) is 4. The van der Waals surface area contributed by atoms with Gasteiger partial charge in [0, 0.05) is 19.6 Å². The molecule has 1 amide bonds. The van der Waals surface area contributed by atoms with Crippen LogP contribution in [-0.2, 0) is 28.5 Å². The molecule has 0 aliphatic carbocycles. The fraction of sp³-hybridized carbons (Fsp3) is 0.905. The zero-order valence-electron chi connectivity index (χ0n) is 18.1. The predicted octanol–water partition coefficient (Wildman–Crippen LogP) is 2.90. The van der Waals surface area contributed by atoms with Crippen LogP contribution in [0.1, 0.15) is 65.7 Å². The van der Waals surface area contributed by atoms with E-state index >= 15 is 0 Å². The second kappa shape index (κ2) is 20.7. The van der Waals surface area contributed by atoms with E-state index in [0.717, 1.165) is 25.9 Å². The largest absolute Gasteiger partial charge is 0.379 e. The van der Waals surface area contributed by atoms with Crippen LogP contribution in [0.25, 0.3) is 0 Å². The second-order valence-corrected chi connectivity index (χ2v) is 7.12. The molecule has 0 fully saturated rings. The number of Topliss-reactive ketones (excluding diaryl/α,β-unsaturated/α-hetero) is 1. The first kappa shape index (κ1) is 27.0. The zero-order chi connectivity index (χ0) is 20.9. The van der Waals surface area contributed by atoms with Gasteiger partial charge in [0.2, 0.25) is 5.91 Å². The first-order valence-electron chi connectivity index (χ1n) is 10.6. The van der Waals surface area contributed by atoms with Gasteiger partial charge in [-0.2, -0.15) is 0 Å².